The van der Waals surface area contributed by atoms with Crippen molar-refractivity contribution >= 4 is 11.9 Å². The molecule has 0 fully saturated rings. The number of carbonyl (C=O) groups excluding carboxylic acids is 1. The van der Waals surface area contributed by atoms with Gasteiger partial charge < -0.3 is 15.8 Å². The average Bonchev–Trinajstić information content (AvgIpc) is 2.64. The van der Waals surface area contributed by atoms with Gasteiger partial charge in [-0.05, 0) is 12.8 Å². The van der Waals surface area contributed by atoms with Crippen molar-refractivity contribution in [3.05, 3.63) is 5.82 Å². The van der Waals surface area contributed by atoms with Crippen molar-refractivity contribution in [3.63, 3.8) is 0 Å². The fraction of sp³-hybridized carbons (Fsp3) is 0.625. The largest absolute Gasteiger partial charge is 0.385 e. The first-order valence-electron chi connectivity index (χ1n) is 4.69. The maximum absolute atomic E-state index is 11.4. The van der Waals surface area contributed by atoms with Crippen molar-refractivity contribution in [2.45, 2.75) is 12.8 Å². The summed E-state index contributed by atoms with van der Waals surface area (Å²) in [5, 5.41) is 8.68. The molecule has 1 aromatic heterocycles. The van der Waals surface area contributed by atoms with Gasteiger partial charge >= 0.3 is 0 Å². The number of hydrogen-bond acceptors (Lipinski definition) is 5. The Hall–Kier alpha value is -1.63. The third kappa shape index (κ3) is 3.94. The van der Waals surface area contributed by atoms with Crippen LogP contribution in [-0.4, -0.2) is 41.3 Å². The molecule has 4 N–H and O–H groups in total. The third-order valence-electron chi connectivity index (χ3n) is 1.78. The van der Waals surface area contributed by atoms with Crippen LogP contribution in [0.25, 0.3) is 0 Å². The molecule has 0 bridgehead atoms. The van der Waals surface area contributed by atoms with Crippen LogP contribution in [0.1, 0.15) is 23.5 Å². The smallest absolute Gasteiger partial charge is 0.288 e. The van der Waals surface area contributed by atoms with E-state index in [9.17, 15) is 4.79 Å². The minimum absolute atomic E-state index is 0.0690. The van der Waals surface area contributed by atoms with E-state index in [0.29, 0.717) is 13.2 Å². The van der Waals surface area contributed by atoms with Crippen molar-refractivity contribution in [2.75, 3.05) is 26.0 Å². The Morgan fingerprint density at radius 2 is 2.40 bits per heavy atom. The number of anilines is 1. The predicted molar refractivity (Wildman–Crippen MR) is 54.2 cm³/mol. The van der Waals surface area contributed by atoms with Gasteiger partial charge in [-0.3, -0.25) is 9.89 Å². The first-order chi connectivity index (χ1) is 7.24. The maximum Gasteiger partial charge on any atom is 0.288 e. The number of H-pyrrole nitrogens is 1. The van der Waals surface area contributed by atoms with Crippen LogP contribution in [0.4, 0.5) is 5.95 Å². The zero-order valence-corrected chi connectivity index (χ0v) is 8.62. The Morgan fingerprint density at radius 3 is 3.00 bits per heavy atom. The van der Waals surface area contributed by atoms with E-state index < -0.39 is 0 Å². The van der Waals surface area contributed by atoms with Gasteiger partial charge in [-0.2, -0.15) is 4.98 Å². The van der Waals surface area contributed by atoms with Crippen molar-refractivity contribution < 1.29 is 9.53 Å². The Balaban J connectivity index is 2.19. The summed E-state index contributed by atoms with van der Waals surface area (Å²) in [7, 11) is 1.65. The molecule has 0 aromatic carbocycles. The first kappa shape index (κ1) is 11.4. The average molecular weight is 213 g/mol. The molecule has 1 heterocycles. The van der Waals surface area contributed by atoms with Crippen LogP contribution in [0.2, 0.25) is 0 Å². The van der Waals surface area contributed by atoms with E-state index in [2.05, 4.69) is 20.5 Å². The van der Waals surface area contributed by atoms with Crippen LogP contribution in [-0.2, 0) is 4.74 Å². The normalized spacial score (nSPS) is 10.2. The minimum Gasteiger partial charge on any atom is -0.385 e. The van der Waals surface area contributed by atoms with E-state index in [-0.39, 0.29) is 17.7 Å². The lowest BCUT2D eigenvalue weighted by molar-refractivity contribution is 0.0941. The van der Waals surface area contributed by atoms with Crippen LogP contribution >= 0.6 is 0 Å². The molecule has 0 aliphatic heterocycles. The fourth-order valence-electron chi connectivity index (χ4n) is 1.03. The summed E-state index contributed by atoms with van der Waals surface area (Å²) in [6.45, 7) is 1.29. The van der Waals surface area contributed by atoms with Gasteiger partial charge in [-0.1, -0.05) is 0 Å². The van der Waals surface area contributed by atoms with Crippen LogP contribution in [0.15, 0.2) is 0 Å². The second-order valence-corrected chi connectivity index (χ2v) is 3.00. The molecule has 0 radical (unpaired) electrons. The van der Waals surface area contributed by atoms with Crippen molar-refractivity contribution in [3.8, 4) is 0 Å². The number of amides is 1. The van der Waals surface area contributed by atoms with Gasteiger partial charge in [0.1, 0.15) is 0 Å². The summed E-state index contributed by atoms with van der Waals surface area (Å²) in [5.41, 5.74) is 5.26. The highest BCUT2D eigenvalue weighted by atomic mass is 16.5. The number of carbonyl (C=O) groups is 1. The van der Waals surface area contributed by atoms with Gasteiger partial charge in [-0.15, -0.1) is 5.10 Å². The van der Waals surface area contributed by atoms with Crippen LogP contribution in [0.5, 0.6) is 0 Å². The zero-order chi connectivity index (χ0) is 11.1. The lowest BCUT2D eigenvalue weighted by Crippen LogP contribution is -2.25. The van der Waals surface area contributed by atoms with E-state index >= 15 is 0 Å². The molecular formula is C8H15N5O2. The number of nitrogens with two attached hydrogens (primary N) is 1. The molecule has 0 spiro atoms. The molecule has 0 aliphatic rings. The second-order valence-electron chi connectivity index (χ2n) is 3.00. The van der Waals surface area contributed by atoms with Crippen LogP contribution in [0, 0.1) is 0 Å². The number of unbranched alkanes of at least 4 members (excludes halogenated alkanes) is 1. The van der Waals surface area contributed by atoms with Gasteiger partial charge in [0, 0.05) is 20.3 Å². The molecule has 84 valence electrons. The molecule has 1 aromatic rings. The van der Waals surface area contributed by atoms with Gasteiger partial charge in [0.2, 0.25) is 11.8 Å². The number of aromatic nitrogens is 3. The summed E-state index contributed by atoms with van der Waals surface area (Å²) in [5.74, 6) is -0.0876. The minimum atomic E-state index is -0.295. The summed E-state index contributed by atoms with van der Waals surface area (Å²) in [4.78, 5) is 15.1. The quantitative estimate of drug-likeness (QED) is 0.554. The van der Waals surface area contributed by atoms with Crippen LogP contribution < -0.4 is 11.1 Å². The highest BCUT2D eigenvalue weighted by Gasteiger charge is 2.08. The number of hydrogen-bond donors (Lipinski definition) is 3. The number of nitrogens with zero attached hydrogens (tertiary/aromatic N) is 2. The summed E-state index contributed by atoms with van der Waals surface area (Å²) in [6, 6.07) is 0. The molecule has 0 aliphatic carbocycles. The van der Waals surface area contributed by atoms with Gasteiger partial charge in [0.25, 0.3) is 5.91 Å². The lowest BCUT2D eigenvalue weighted by Gasteiger charge is -2.01. The fourth-order valence-corrected chi connectivity index (χ4v) is 1.03. The Morgan fingerprint density at radius 1 is 1.60 bits per heavy atom. The number of rotatable bonds is 6. The van der Waals surface area contributed by atoms with E-state index in [1.165, 1.54) is 0 Å². The predicted octanol–water partition coefficient (Wildman–Crippen LogP) is -0.457. The monoisotopic (exact) mass is 213 g/mol. The SMILES string of the molecule is COCCCCNC(=O)c1nc(N)n[nH]1. The summed E-state index contributed by atoms with van der Waals surface area (Å²) in [6.07, 6.45) is 1.78. The molecule has 0 atom stereocenters. The molecule has 1 amide bonds. The zero-order valence-electron chi connectivity index (χ0n) is 8.62. The number of nitrogen functional groups attached to an aromatic ring is 1. The Bertz CT molecular complexity index is 312. The van der Waals surface area contributed by atoms with Crippen molar-refractivity contribution in [1.29, 1.82) is 0 Å². The van der Waals surface area contributed by atoms with Gasteiger partial charge in [0.05, 0.1) is 0 Å². The van der Waals surface area contributed by atoms with Crippen molar-refractivity contribution in [1.82, 2.24) is 20.5 Å². The number of nitrogens with one attached hydrogen (secondary N) is 2. The van der Waals surface area contributed by atoms with Crippen molar-refractivity contribution in [2.24, 2.45) is 0 Å². The molecule has 7 heteroatoms. The topological polar surface area (TPSA) is 106 Å². The Labute approximate surface area is 87.4 Å². The molecule has 0 saturated heterocycles. The van der Waals surface area contributed by atoms with Gasteiger partial charge in [0.15, 0.2) is 0 Å². The number of ether oxygens (including phenoxy) is 1. The van der Waals surface area contributed by atoms with Gasteiger partial charge in [-0.25, -0.2) is 0 Å². The highest BCUT2D eigenvalue weighted by molar-refractivity contribution is 5.90. The first-order valence-corrected chi connectivity index (χ1v) is 4.69. The van der Waals surface area contributed by atoms with E-state index in [1.807, 2.05) is 0 Å². The van der Waals surface area contributed by atoms with Crippen LogP contribution in [0.3, 0.4) is 0 Å². The second kappa shape index (κ2) is 5.97. The summed E-state index contributed by atoms with van der Waals surface area (Å²) < 4.78 is 4.88. The van der Waals surface area contributed by atoms with E-state index in [4.69, 9.17) is 10.5 Å². The molecular weight excluding hydrogens is 198 g/mol. The summed E-state index contributed by atoms with van der Waals surface area (Å²) >= 11 is 0. The molecule has 1 rings (SSSR count). The standard InChI is InChI=1S/C8H15N5O2/c1-15-5-3-2-4-10-7(14)6-11-8(9)13-12-6/h2-5H2,1H3,(H,10,14)(H3,9,11,12,13). The number of aromatic amines is 1. The molecule has 0 unspecified atom stereocenters. The Kier molecular flexibility index (Phi) is 4.55. The molecule has 0 saturated carbocycles. The van der Waals surface area contributed by atoms with E-state index in [1.54, 1.807) is 7.11 Å². The maximum atomic E-state index is 11.4. The number of methoxy groups -OCH3 is 1. The van der Waals surface area contributed by atoms with E-state index in [0.717, 1.165) is 12.8 Å². The third-order valence-corrected chi connectivity index (χ3v) is 1.78. The lowest BCUT2D eigenvalue weighted by atomic mass is 10.3. The highest BCUT2D eigenvalue weighted by Crippen LogP contribution is 1.93. The molecule has 15 heavy (non-hydrogen) atoms. The molecule has 7 nitrogen and oxygen atoms in total.